The zero-order valence-electron chi connectivity index (χ0n) is 10.1. The van der Waals surface area contributed by atoms with Crippen LogP contribution in [0.2, 0.25) is 0 Å². The molecule has 96 valence electrons. The van der Waals surface area contributed by atoms with Crippen molar-refractivity contribution in [2.24, 2.45) is 0 Å². The number of carbonyl (C=O) groups is 2. The van der Waals surface area contributed by atoms with Crippen molar-refractivity contribution in [2.75, 3.05) is 19.6 Å². The minimum absolute atomic E-state index is 0.148. The van der Waals surface area contributed by atoms with E-state index in [2.05, 4.69) is 11.2 Å². The zero-order valence-corrected chi connectivity index (χ0v) is 10.1. The second kappa shape index (κ2) is 6.76. The molecule has 0 fully saturated rings. The summed E-state index contributed by atoms with van der Waals surface area (Å²) < 4.78 is 0. The van der Waals surface area contributed by atoms with Gasteiger partial charge < -0.3 is 20.4 Å². The Bertz CT molecular complexity index is 320. The lowest BCUT2D eigenvalue weighted by Crippen LogP contribution is -2.50. The molecular weight excluding hydrogens is 224 g/mol. The SMILES string of the molecule is C#CCN(CCC)C(=O)NCC(C)(O)C(=O)O. The third kappa shape index (κ3) is 5.22. The number of carboxylic acids is 1. The molecule has 1 atom stereocenters. The fourth-order valence-electron chi connectivity index (χ4n) is 1.07. The number of nitrogens with one attached hydrogen (secondary N) is 1. The molecule has 0 bridgehead atoms. The summed E-state index contributed by atoms with van der Waals surface area (Å²) >= 11 is 0. The number of carbonyl (C=O) groups excluding carboxylic acids is 1. The normalized spacial score (nSPS) is 13.3. The molecule has 6 nitrogen and oxygen atoms in total. The van der Waals surface area contributed by atoms with Crippen LogP contribution in [0.25, 0.3) is 0 Å². The Balaban J connectivity index is 4.33. The third-order valence-electron chi connectivity index (χ3n) is 2.11. The van der Waals surface area contributed by atoms with Gasteiger partial charge in [0, 0.05) is 6.54 Å². The number of rotatable bonds is 6. The van der Waals surface area contributed by atoms with E-state index in [1.807, 2.05) is 6.92 Å². The highest BCUT2D eigenvalue weighted by atomic mass is 16.4. The molecule has 0 aliphatic carbocycles. The van der Waals surface area contributed by atoms with E-state index in [1.54, 1.807) is 0 Å². The summed E-state index contributed by atoms with van der Waals surface area (Å²) in [6.07, 6.45) is 5.85. The lowest BCUT2D eigenvalue weighted by Gasteiger charge is -2.23. The average Bonchev–Trinajstić information content (AvgIpc) is 2.25. The standard InChI is InChI=1S/C11H18N2O4/c1-4-6-13(7-5-2)10(16)12-8-11(3,17)9(14)15/h1,17H,5-8H2,2-3H3,(H,12,16)(H,14,15). The number of hydrogen-bond donors (Lipinski definition) is 3. The van der Waals surface area contributed by atoms with Gasteiger partial charge in [-0.2, -0.15) is 0 Å². The van der Waals surface area contributed by atoms with Crippen LogP contribution >= 0.6 is 0 Å². The van der Waals surface area contributed by atoms with Crippen molar-refractivity contribution >= 4 is 12.0 Å². The van der Waals surface area contributed by atoms with Gasteiger partial charge >= 0.3 is 12.0 Å². The van der Waals surface area contributed by atoms with Crippen LogP contribution in [-0.4, -0.2) is 52.3 Å². The van der Waals surface area contributed by atoms with Crippen molar-refractivity contribution in [3.63, 3.8) is 0 Å². The summed E-state index contributed by atoms with van der Waals surface area (Å²) in [7, 11) is 0. The first kappa shape index (κ1) is 15.3. The van der Waals surface area contributed by atoms with Gasteiger partial charge in [-0.05, 0) is 13.3 Å². The fourth-order valence-corrected chi connectivity index (χ4v) is 1.07. The van der Waals surface area contributed by atoms with Gasteiger partial charge in [-0.1, -0.05) is 12.8 Å². The summed E-state index contributed by atoms with van der Waals surface area (Å²) in [5.74, 6) is 0.948. The molecule has 0 aromatic carbocycles. The Labute approximate surface area is 101 Å². The number of urea groups is 1. The van der Waals surface area contributed by atoms with Crippen LogP contribution in [-0.2, 0) is 4.79 Å². The average molecular weight is 242 g/mol. The van der Waals surface area contributed by atoms with E-state index in [4.69, 9.17) is 11.5 Å². The molecule has 0 rings (SSSR count). The molecule has 3 N–H and O–H groups in total. The van der Waals surface area contributed by atoms with Crippen molar-refractivity contribution in [3.8, 4) is 12.3 Å². The van der Waals surface area contributed by atoms with E-state index < -0.39 is 17.6 Å². The highest BCUT2D eigenvalue weighted by Gasteiger charge is 2.30. The van der Waals surface area contributed by atoms with E-state index in [0.717, 1.165) is 13.3 Å². The minimum Gasteiger partial charge on any atom is -0.479 e. The maximum absolute atomic E-state index is 11.6. The monoisotopic (exact) mass is 242 g/mol. The smallest absolute Gasteiger partial charge is 0.337 e. The Kier molecular flexibility index (Phi) is 6.07. The molecule has 0 aromatic heterocycles. The summed E-state index contributed by atoms with van der Waals surface area (Å²) in [4.78, 5) is 23.6. The fraction of sp³-hybridized carbons (Fsp3) is 0.636. The number of aliphatic carboxylic acids is 1. The molecule has 0 aliphatic rings. The van der Waals surface area contributed by atoms with Gasteiger partial charge in [0.05, 0.1) is 13.1 Å². The van der Waals surface area contributed by atoms with Gasteiger partial charge in [-0.3, -0.25) is 0 Å². The van der Waals surface area contributed by atoms with Crippen molar-refractivity contribution in [1.82, 2.24) is 10.2 Å². The number of terminal acetylenes is 1. The van der Waals surface area contributed by atoms with Crippen molar-refractivity contribution in [1.29, 1.82) is 0 Å². The number of nitrogens with zero attached hydrogens (tertiary/aromatic N) is 1. The topological polar surface area (TPSA) is 89.9 Å². The van der Waals surface area contributed by atoms with E-state index >= 15 is 0 Å². The summed E-state index contributed by atoms with van der Waals surface area (Å²) in [6, 6.07) is -0.480. The minimum atomic E-state index is -1.98. The van der Waals surface area contributed by atoms with Crippen LogP contribution in [0.4, 0.5) is 4.79 Å². The molecule has 6 heteroatoms. The maximum Gasteiger partial charge on any atom is 0.337 e. The molecule has 0 aliphatic heterocycles. The predicted molar refractivity (Wildman–Crippen MR) is 62.4 cm³/mol. The zero-order chi connectivity index (χ0) is 13.5. The summed E-state index contributed by atoms with van der Waals surface area (Å²) in [6.45, 7) is 3.26. The molecule has 0 aromatic rings. The van der Waals surface area contributed by atoms with E-state index in [-0.39, 0.29) is 13.1 Å². The lowest BCUT2D eigenvalue weighted by molar-refractivity contribution is -0.155. The van der Waals surface area contributed by atoms with Gasteiger partial charge in [-0.15, -0.1) is 6.42 Å². The lowest BCUT2D eigenvalue weighted by atomic mass is 10.1. The van der Waals surface area contributed by atoms with E-state index in [9.17, 15) is 14.7 Å². The Morgan fingerprint density at radius 3 is 2.53 bits per heavy atom. The summed E-state index contributed by atoms with van der Waals surface area (Å²) in [5, 5.41) is 20.4. The van der Waals surface area contributed by atoms with Crippen molar-refractivity contribution in [2.45, 2.75) is 25.9 Å². The second-order valence-corrected chi connectivity index (χ2v) is 3.86. The van der Waals surface area contributed by atoms with Gasteiger partial charge in [-0.25, -0.2) is 9.59 Å². The van der Waals surface area contributed by atoms with Crippen LogP contribution in [0.5, 0.6) is 0 Å². The molecule has 0 radical (unpaired) electrons. The quantitative estimate of drug-likeness (QED) is 0.566. The number of aliphatic hydroxyl groups is 1. The van der Waals surface area contributed by atoms with E-state index in [0.29, 0.717) is 6.54 Å². The van der Waals surface area contributed by atoms with Crippen LogP contribution < -0.4 is 5.32 Å². The van der Waals surface area contributed by atoms with Crippen LogP contribution in [0, 0.1) is 12.3 Å². The first-order valence-electron chi connectivity index (χ1n) is 5.27. The Hall–Kier alpha value is -1.74. The first-order chi connectivity index (χ1) is 7.85. The Morgan fingerprint density at radius 2 is 2.12 bits per heavy atom. The molecule has 17 heavy (non-hydrogen) atoms. The number of amides is 2. The van der Waals surface area contributed by atoms with Crippen LogP contribution in [0.3, 0.4) is 0 Å². The van der Waals surface area contributed by atoms with Gasteiger partial charge in [0.1, 0.15) is 0 Å². The molecule has 2 amide bonds. The second-order valence-electron chi connectivity index (χ2n) is 3.86. The van der Waals surface area contributed by atoms with Crippen molar-refractivity contribution in [3.05, 3.63) is 0 Å². The molecule has 0 saturated heterocycles. The number of carboxylic acid groups (broad SMARTS) is 1. The first-order valence-corrected chi connectivity index (χ1v) is 5.27. The largest absolute Gasteiger partial charge is 0.479 e. The molecule has 0 heterocycles. The van der Waals surface area contributed by atoms with Crippen LogP contribution in [0.1, 0.15) is 20.3 Å². The molecule has 0 saturated carbocycles. The number of hydrogen-bond acceptors (Lipinski definition) is 3. The van der Waals surface area contributed by atoms with Gasteiger partial charge in [0.25, 0.3) is 0 Å². The van der Waals surface area contributed by atoms with Crippen molar-refractivity contribution < 1.29 is 19.8 Å². The Morgan fingerprint density at radius 1 is 1.53 bits per heavy atom. The van der Waals surface area contributed by atoms with E-state index in [1.165, 1.54) is 4.90 Å². The highest BCUT2D eigenvalue weighted by molar-refractivity contribution is 5.79. The molecule has 1 unspecified atom stereocenters. The maximum atomic E-state index is 11.6. The molecule has 0 spiro atoms. The van der Waals surface area contributed by atoms with Gasteiger partial charge in [0.15, 0.2) is 5.60 Å². The predicted octanol–water partition coefficient (Wildman–Crippen LogP) is -0.123. The van der Waals surface area contributed by atoms with Crippen LogP contribution in [0.15, 0.2) is 0 Å². The third-order valence-corrected chi connectivity index (χ3v) is 2.11. The molecular formula is C11H18N2O4. The summed E-state index contributed by atoms with van der Waals surface area (Å²) in [5.41, 5.74) is -1.98. The highest BCUT2D eigenvalue weighted by Crippen LogP contribution is 2.01. The van der Waals surface area contributed by atoms with Gasteiger partial charge in [0.2, 0.25) is 0 Å².